The summed E-state index contributed by atoms with van der Waals surface area (Å²) in [5.41, 5.74) is 2.77. The minimum absolute atomic E-state index is 0.340. The first kappa shape index (κ1) is 17.4. The SMILES string of the molecule is Cc1ccc(NC(=O)C(=O)NC(c2ccccc2)c2ccccc2)nc1. The molecule has 0 aliphatic rings. The lowest BCUT2D eigenvalue weighted by Crippen LogP contribution is -2.38. The van der Waals surface area contributed by atoms with Crippen LogP contribution in [0.4, 0.5) is 5.82 Å². The highest BCUT2D eigenvalue weighted by molar-refractivity contribution is 6.39. The van der Waals surface area contributed by atoms with Crippen LogP contribution in [0.1, 0.15) is 22.7 Å². The molecule has 2 N–H and O–H groups in total. The number of aryl methyl sites for hydroxylation is 1. The first-order valence-corrected chi connectivity index (χ1v) is 8.28. The van der Waals surface area contributed by atoms with E-state index in [4.69, 9.17) is 0 Å². The van der Waals surface area contributed by atoms with Crippen LogP contribution in [0.5, 0.6) is 0 Å². The average Bonchev–Trinajstić information content (AvgIpc) is 2.69. The number of hydrogen-bond donors (Lipinski definition) is 2. The van der Waals surface area contributed by atoms with Crippen LogP contribution >= 0.6 is 0 Å². The molecule has 0 saturated carbocycles. The van der Waals surface area contributed by atoms with Gasteiger partial charge in [-0.05, 0) is 29.7 Å². The van der Waals surface area contributed by atoms with E-state index in [9.17, 15) is 9.59 Å². The van der Waals surface area contributed by atoms with Crippen molar-refractivity contribution in [3.8, 4) is 0 Å². The first-order valence-electron chi connectivity index (χ1n) is 8.28. The molecule has 1 aromatic heterocycles. The van der Waals surface area contributed by atoms with E-state index in [1.165, 1.54) is 0 Å². The van der Waals surface area contributed by atoms with Gasteiger partial charge in [0.1, 0.15) is 5.82 Å². The molecule has 2 amide bonds. The standard InChI is InChI=1S/C21H19N3O2/c1-15-12-13-18(22-14-15)23-20(25)21(26)24-19(16-8-4-2-5-9-16)17-10-6-3-7-11-17/h2-14,19H,1H3,(H,24,26)(H,22,23,25). The molecule has 0 unspecified atom stereocenters. The maximum atomic E-state index is 12.4. The molecule has 1 heterocycles. The minimum atomic E-state index is -0.752. The molecule has 0 atom stereocenters. The third-order valence-corrected chi connectivity index (χ3v) is 3.90. The van der Waals surface area contributed by atoms with Crippen molar-refractivity contribution in [1.82, 2.24) is 10.3 Å². The molecule has 0 aliphatic heterocycles. The largest absolute Gasteiger partial charge is 0.337 e. The summed E-state index contributed by atoms with van der Waals surface area (Å²) in [5.74, 6) is -1.13. The van der Waals surface area contributed by atoms with Crippen molar-refractivity contribution in [3.05, 3.63) is 95.7 Å². The fraction of sp³-hybridized carbons (Fsp3) is 0.0952. The predicted molar refractivity (Wildman–Crippen MR) is 100 cm³/mol. The van der Waals surface area contributed by atoms with Crippen molar-refractivity contribution in [2.75, 3.05) is 5.32 Å². The smallest absolute Gasteiger partial charge is 0.314 e. The molecule has 130 valence electrons. The molecule has 0 bridgehead atoms. The van der Waals surface area contributed by atoms with E-state index in [0.717, 1.165) is 16.7 Å². The van der Waals surface area contributed by atoms with Crippen LogP contribution in [0.25, 0.3) is 0 Å². The van der Waals surface area contributed by atoms with Gasteiger partial charge in [0.2, 0.25) is 0 Å². The van der Waals surface area contributed by atoms with Crippen LogP contribution < -0.4 is 10.6 Å². The monoisotopic (exact) mass is 345 g/mol. The van der Waals surface area contributed by atoms with Crippen molar-refractivity contribution in [3.63, 3.8) is 0 Å². The number of carbonyl (C=O) groups is 2. The summed E-state index contributed by atoms with van der Waals surface area (Å²) in [7, 11) is 0. The Bertz CT molecular complexity index is 839. The molecule has 0 fully saturated rings. The van der Waals surface area contributed by atoms with Crippen molar-refractivity contribution in [2.24, 2.45) is 0 Å². The highest BCUT2D eigenvalue weighted by Gasteiger charge is 2.21. The van der Waals surface area contributed by atoms with Crippen molar-refractivity contribution in [2.45, 2.75) is 13.0 Å². The number of aromatic nitrogens is 1. The van der Waals surface area contributed by atoms with E-state index < -0.39 is 17.9 Å². The number of carbonyl (C=O) groups excluding carboxylic acids is 2. The summed E-state index contributed by atoms with van der Waals surface area (Å²) < 4.78 is 0. The van der Waals surface area contributed by atoms with E-state index in [1.807, 2.05) is 73.7 Å². The zero-order valence-corrected chi connectivity index (χ0v) is 14.3. The van der Waals surface area contributed by atoms with Gasteiger partial charge in [-0.2, -0.15) is 0 Å². The van der Waals surface area contributed by atoms with Gasteiger partial charge in [0, 0.05) is 6.20 Å². The Hall–Kier alpha value is -3.47. The van der Waals surface area contributed by atoms with E-state index in [0.29, 0.717) is 5.82 Å². The van der Waals surface area contributed by atoms with E-state index in [1.54, 1.807) is 12.3 Å². The van der Waals surface area contributed by atoms with Crippen LogP contribution in [0.15, 0.2) is 79.0 Å². The van der Waals surface area contributed by atoms with Crippen LogP contribution in [-0.4, -0.2) is 16.8 Å². The highest BCUT2D eigenvalue weighted by Crippen LogP contribution is 2.21. The molecule has 5 nitrogen and oxygen atoms in total. The van der Waals surface area contributed by atoms with Crippen LogP contribution in [0.3, 0.4) is 0 Å². The van der Waals surface area contributed by atoms with Gasteiger partial charge in [-0.25, -0.2) is 4.98 Å². The number of pyridine rings is 1. The predicted octanol–water partition coefficient (Wildman–Crippen LogP) is 3.23. The second-order valence-electron chi connectivity index (χ2n) is 5.90. The first-order chi connectivity index (χ1) is 12.6. The lowest BCUT2D eigenvalue weighted by Gasteiger charge is -2.19. The molecular formula is C21H19N3O2. The highest BCUT2D eigenvalue weighted by atomic mass is 16.2. The molecule has 3 aromatic rings. The van der Waals surface area contributed by atoms with Gasteiger partial charge in [0.05, 0.1) is 6.04 Å². The van der Waals surface area contributed by atoms with Crippen molar-refractivity contribution in [1.29, 1.82) is 0 Å². The summed E-state index contributed by atoms with van der Waals surface area (Å²) in [5, 5.41) is 5.32. The van der Waals surface area contributed by atoms with E-state index in [-0.39, 0.29) is 0 Å². The number of rotatable bonds is 4. The molecule has 2 aromatic carbocycles. The summed E-state index contributed by atoms with van der Waals surface area (Å²) in [6.45, 7) is 1.90. The summed E-state index contributed by atoms with van der Waals surface area (Å²) >= 11 is 0. The fourth-order valence-corrected chi connectivity index (χ4v) is 2.56. The van der Waals surface area contributed by atoms with Crippen LogP contribution in [0, 0.1) is 6.92 Å². The zero-order chi connectivity index (χ0) is 18.4. The van der Waals surface area contributed by atoms with Gasteiger partial charge in [-0.3, -0.25) is 9.59 Å². The van der Waals surface area contributed by atoms with E-state index >= 15 is 0 Å². The number of nitrogens with zero attached hydrogens (tertiary/aromatic N) is 1. The molecule has 0 aliphatic carbocycles. The van der Waals surface area contributed by atoms with Gasteiger partial charge in [-0.15, -0.1) is 0 Å². The number of anilines is 1. The Morgan fingerprint density at radius 1 is 0.808 bits per heavy atom. The van der Waals surface area contributed by atoms with Gasteiger partial charge in [0.25, 0.3) is 0 Å². The second kappa shape index (κ2) is 8.07. The van der Waals surface area contributed by atoms with Crippen molar-refractivity contribution < 1.29 is 9.59 Å². The fourth-order valence-electron chi connectivity index (χ4n) is 2.56. The maximum absolute atomic E-state index is 12.4. The minimum Gasteiger partial charge on any atom is -0.337 e. The lowest BCUT2D eigenvalue weighted by molar-refractivity contribution is -0.136. The van der Waals surface area contributed by atoms with Gasteiger partial charge in [-0.1, -0.05) is 66.7 Å². The van der Waals surface area contributed by atoms with Gasteiger partial charge >= 0.3 is 11.8 Å². The Morgan fingerprint density at radius 2 is 1.38 bits per heavy atom. The number of amides is 2. The Morgan fingerprint density at radius 3 is 1.88 bits per heavy atom. The third-order valence-electron chi connectivity index (χ3n) is 3.90. The average molecular weight is 345 g/mol. The second-order valence-corrected chi connectivity index (χ2v) is 5.90. The topological polar surface area (TPSA) is 71.1 Å². The normalized spacial score (nSPS) is 10.4. The lowest BCUT2D eigenvalue weighted by atomic mass is 9.99. The Balaban J connectivity index is 1.77. The van der Waals surface area contributed by atoms with Crippen LogP contribution in [0.2, 0.25) is 0 Å². The summed E-state index contributed by atoms with van der Waals surface area (Å²) in [6.07, 6.45) is 1.63. The molecule has 0 saturated heterocycles. The summed E-state index contributed by atoms with van der Waals surface area (Å²) in [6, 6.07) is 22.1. The molecule has 0 radical (unpaired) electrons. The molecule has 5 heteroatoms. The Kier molecular flexibility index (Phi) is 5.39. The number of hydrogen-bond acceptors (Lipinski definition) is 3. The Labute approximate surface area is 152 Å². The summed E-state index contributed by atoms with van der Waals surface area (Å²) in [4.78, 5) is 28.7. The van der Waals surface area contributed by atoms with Crippen LogP contribution in [-0.2, 0) is 9.59 Å². The zero-order valence-electron chi connectivity index (χ0n) is 14.3. The number of nitrogens with one attached hydrogen (secondary N) is 2. The number of benzene rings is 2. The quantitative estimate of drug-likeness (QED) is 0.713. The molecular weight excluding hydrogens is 326 g/mol. The maximum Gasteiger partial charge on any atom is 0.314 e. The van der Waals surface area contributed by atoms with Gasteiger partial charge < -0.3 is 10.6 Å². The third kappa shape index (κ3) is 4.33. The molecule has 0 spiro atoms. The molecule has 3 rings (SSSR count). The van der Waals surface area contributed by atoms with E-state index in [2.05, 4.69) is 15.6 Å². The molecule has 26 heavy (non-hydrogen) atoms. The van der Waals surface area contributed by atoms with Crippen molar-refractivity contribution >= 4 is 17.6 Å². The van der Waals surface area contributed by atoms with Gasteiger partial charge in [0.15, 0.2) is 0 Å².